The minimum absolute atomic E-state index is 0.291. The number of benzene rings is 1. The molecular formula is C14H19NO2S. The standard InChI is InChI=1S/C14H19NO2S/c16-18(17)8-5-13-10-12(1-2-14(13)18)9-11-3-6-15-7-4-11/h1-2,10-11,15H,3-9H2. The predicted molar refractivity (Wildman–Crippen MR) is 71.5 cm³/mol. The Morgan fingerprint density at radius 2 is 2.00 bits per heavy atom. The van der Waals surface area contributed by atoms with E-state index in [1.54, 1.807) is 0 Å². The Labute approximate surface area is 109 Å². The van der Waals surface area contributed by atoms with Crippen LogP contribution in [0.15, 0.2) is 23.1 Å². The first-order valence-electron chi connectivity index (χ1n) is 6.70. The van der Waals surface area contributed by atoms with Gasteiger partial charge in [0.2, 0.25) is 0 Å². The van der Waals surface area contributed by atoms with Crippen molar-refractivity contribution in [1.82, 2.24) is 5.32 Å². The summed E-state index contributed by atoms with van der Waals surface area (Å²) in [5, 5.41) is 3.37. The summed E-state index contributed by atoms with van der Waals surface area (Å²) in [7, 11) is -2.97. The molecule has 2 heterocycles. The van der Waals surface area contributed by atoms with E-state index in [0.29, 0.717) is 17.1 Å². The van der Waals surface area contributed by atoms with Gasteiger partial charge in [-0.15, -0.1) is 0 Å². The van der Waals surface area contributed by atoms with E-state index in [0.717, 1.165) is 31.0 Å². The highest BCUT2D eigenvalue weighted by Gasteiger charge is 2.26. The first-order chi connectivity index (χ1) is 8.65. The zero-order valence-electron chi connectivity index (χ0n) is 10.5. The number of aryl methyl sites for hydroxylation is 1. The van der Waals surface area contributed by atoms with Crippen LogP contribution in [0.1, 0.15) is 24.0 Å². The molecule has 0 spiro atoms. The first kappa shape index (κ1) is 12.2. The number of piperidine rings is 1. The molecule has 0 radical (unpaired) electrons. The quantitative estimate of drug-likeness (QED) is 0.882. The molecule has 3 nitrogen and oxygen atoms in total. The number of rotatable bonds is 2. The van der Waals surface area contributed by atoms with Gasteiger partial charge in [0.1, 0.15) is 0 Å². The minimum atomic E-state index is -2.97. The summed E-state index contributed by atoms with van der Waals surface area (Å²) in [6.45, 7) is 2.23. The van der Waals surface area contributed by atoms with Crippen molar-refractivity contribution >= 4 is 9.84 Å². The third kappa shape index (κ3) is 2.31. The second-order valence-electron chi connectivity index (χ2n) is 5.41. The molecular weight excluding hydrogens is 246 g/mol. The summed E-state index contributed by atoms with van der Waals surface area (Å²) in [4.78, 5) is 0.566. The van der Waals surface area contributed by atoms with E-state index in [2.05, 4.69) is 11.4 Å². The molecule has 0 saturated carbocycles. The highest BCUT2D eigenvalue weighted by Crippen LogP contribution is 2.28. The lowest BCUT2D eigenvalue weighted by atomic mass is 9.90. The molecule has 0 aliphatic carbocycles. The van der Waals surface area contributed by atoms with Crippen LogP contribution in [0.4, 0.5) is 0 Å². The van der Waals surface area contributed by atoms with E-state index in [9.17, 15) is 8.42 Å². The molecule has 1 N–H and O–H groups in total. The Balaban J connectivity index is 1.79. The molecule has 98 valence electrons. The largest absolute Gasteiger partial charge is 0.317 e. The van der Waals surface area contributed by atoms with Crippen molar-refractivity contribution < 1.29 is 8.42 Å². The summed E-state index contributed by atoms with van der Waals surface area (Å²) < 4.78 is 23.5. The van der Waals surface area contributed by atoms with Crippen LogP contribution in [-0.4, -0.2) is 27.3 Å². The third-order valence-corrected chi connectivity index (χ3v) is 5.89. The molecule has 2 aliphatic heterocycles. The second kappa shape index (κ2) is 4.67. The molecule has 3 rings (SSSR count). The van der Waals surface area contributed by atoms with Crippen molar-refractivity contribution in [3.05, 3.63) is 29.3 Å². The maximum absolute atomic E-state index is 11.7. The van der Waals surface area contributed by atoms with Crippen molar-refractivity contribution in [2.45, 2.75) is 30.6 Å². The molecule has 18 heavy (non-hydrogen) atoms. The van der Waals surface area contributed by atoms with Crippen molar-refractivity contribution in [3.63, 3.8) is 0 Å². The molecule has 0 unspecified atom stereocenters. The molecule has 1 aromatic carbocycles. The van der Waals surface area contributed by atoms with Gasteiger partial charge in [-0.25, -0.2) is 8.42 Å². The van der Waals surface area contributed by atoms with Gasteiger partial charge in [-0.05, 0) is 61.9 Å². The lowest BCUT2D eigenvalue weighted by molar-refractivity contribution is 0.372. The summed E-state index contributed by atoms with van der Waals surface area (Å²) >= 11 is 0. The van der Waals surface area contributed by atoms with Gasteiger partial charge in [0.15, 0.2) is 9.84 Å². The van der Waals surface area contributed by atoms with Gasteiger partial charge >= 0.3 is 0 Å². The topological polar surface area (TPSA) is 46.2 Å². The SMILES string of the molecule is O=S1(=O)CCc2cc(CC3CCNCC3)ccc21. The Hall–Kier alpha value is -0.870. The Morgan fingerprint density at radius 1 is 1.22 bits per heavy atom. The van der Waals surface area contributed by atoms with Gasteiger partial charge in [-0.3, -0.25) is 0 Å². The lowest BCUT2D eigenvalue weighted by Crippen LogP contribution is -2.28. The molecule has 0 aromatic heterocycles. The van der Waals surface area contributed by atoms with Crippen molar-refractivity contribution in [2.75, 3.05) is 18.8 Å². The molecule has 1 fully saturated rings. The average Bonchev–Trinajstić information content (AvgIpc) is 2.66. The highest BCUT2D eigenvalue weighted by atomic mass is 32.2. The monoisotopic (exact) mass is 265 g/mol. The van der Waals surface area contributed by atoms with Crippen molar-refractivity contribution in [3.8, 4) is 0 Å². The van der Waals surface area contributed by atoms with Gasteiger partial charge in [0, 0.05) is 0 Å². The fraction of sp³-hybridized carbons (Fsp3) is 0.571. The zero-order valence-corrected chi connectivity index (χ0v) is 11.3. The normalized spacial score (nSPS) is 22.9. The summed E-state index contributed by atoms with van der Waals surface area (Å²) in [6, 6.07) is 5.93. The van der Waals surface area contributed by atoms with E-state index in [4.69, 9.17) is 0 Å². The van der Waals surface area contributed by atoms with Crippen LogP contribution in [0.2, 0.25) is 0 Å². The fourth-order valence-electron chi connectivity index (χ4n) is 3.03. The fourth-order valence-corrected chi connectivity index (χ4v) is 4.58. The van der Waals surface area contributed by atoms with E-state index in [1.165, 1.54) is 18.4 Å². The highest BCUT2D eigenvalue weighted by molar-refractivity contribution is 7.91. The van der Waals surface area contributed by atoms with Crippen LogP contribution in [0, 0.1) is 5.92 Å². The number of sulfone groups is 1. The van der Waals surface area contributed by atoms with Crippen molar-refractivity contribution in [1.29, 1.82) is 0 Å². The van der Waals surface area contributed by atoms with Crippen LogP contribution >= 0.6 is 0 Å². The van der Waals surface area contributed by atoms with Crippen LogP contribution in [0.25, 0.3) is 0 Å². The molecule has 0 bridgehead atoms. The maximum atomic E-state index is 11.7. The van der Waals surface area contributed by atoms with Gasteiger partial charge in [-0.1, -0.05) is 12.1 Å². The number of fused-ring (bicyclic) bond motifs is 1. The predicted octanol–water partition coefficient (Wildman–Crippen LogP) is 1.56. The molecule has 1 saturated heterocycles. The average molecular weight is 265 g/mol. The number of hydrogen-bond acceptors (Lipinski definition) is 3. The molecule has 0 amide bonds. The number of nitrogens with one attached hydrogen (secondary N) is 1. The van der Waals surface area contributed by atoms with Crippen LogP contribution < -0.4 is 5.32 Å². The zero-order chi connectivity index (χ0) is 12.6. The van der Waals surface area contributed by atoms with E-state index >= 15 is 0 Å². The van der Waals surface area contributed by atoms with Crippen LogP contribution in [-0.2, 0) is 22.7 Å². The maximum Gasteiger partial charge on any atom is 0.178 e. The summed E-state index contributed by atoms with van der Waals surface area (Å²) in [5.74, 6) is 1.04. The van der Waals surface area contributed by atoms with E-state index in [1.807, 2.05) is 12.1 Å². The van der Waals surface area contributed by atoms with Gasteiger partial charge in [0.25, 0.3) is 0 Å². The second-order valence-corrected chi connectivity index (χ2v) is 7.49. The van der Waals surface area contributed by atoms with Gasteiger partial charge in [-0.2, -0.15) is 0 Å². The first-order valence-corrected chi connectivity index (χ1v) is 8.36. The van der Waals surface area contributed by atoms with Crippen molar-refractivity contribution in [2.24, 2.45) is 5.92 Å². The van der Waals surface area contributed by atoms with Gasteiger partial charge in [0.05, 0.1) is 10.6 Å². The molecule has 0 atom stereocenters. The smallest absolute Gasteiger partial charge is 0.178 e. The van der Waals surface area contributed by atoms with Crippen LogP contribution in [0.5, 0.6) is 0 Å². The number of hydrogen-bond donors (Lipinski definition) is 1. The van der Waals surface area contributed by atoms with Crippen LogP contribution in [0.3, 0.4) is 0 Å². The third-order valence-electron chi connectivity index (χ3n) is 4.08. The molecule has 4 heteroatoms. The lowest BCUT2D eigenvalue weighted by Gasteiger charge is -2.22. The summed E-state index contributed by atoms with van der Waals surface area (Å²) in [6.07, 6.45) is 4.25. The van der Waals surface area contributed by atoms with E-state index < -0.39 is 9.84 Å². The summed E-state index contributed by atoms with van der Waals surface area (Å²) in [5.41, 5.74) is 2.33. The molecule has 1 aromatic rings. The van der Waals surface area contributed by atoms with Gasteiger partial charge < -0.3 is 5.32 Å². The molecule has 2 aliphatic rings. The minimum Gasteiger partial charge on any atom is -0.317 e. The van der Waals surface area contributed by atoms with E-state index in [-0.39, 0.29) is 0 Å². The Morgan fingerprint density at radius 3 is 2.78 bits per heavy atom. The Kier molecular flexibility index (Phi) is 3.16. The Bertz CT molecular complexity index is 545.